The van der Waals surface area contributed by atoms with Crippen LogP contribution in [-0.2, 0) is 43.3 Å². The van der Waals surface area contributed by atoms with Crippen LogP contribution in [0.3, 0.4) is 0 Å². The highest BCUT2D eigenvalue weighted by molar-refractivity contribution is 7.33. The number of thiophene rings is 1. The van der Waals surface area contributed by atoms with Crippen LogP contribution in [0.2, 0.25) is 0 Å². The largest absolute Gasteiger partial charge is 0.311 e. The van der Waals surface area contributed by atoms with E-state index in [2.05, 4.69) is 235 Å². The van der Waals surface area contributed by atoms with Crippen molar-refractivity contribution in [1.82, 2.24) is 0 Å². The Morgan fingerprint density at radius 1 is 0.446 bits per heavy atom. The number of rotatable bonds is 3. The highest BCUT2D eigenvalue weighted by Crippen LogP contribution is 2.60. The summed E-state index contributed by atoms with van der Waals surface area (Å²) in [6, 6.07) is 42.7. The standard InChI is InChI=1S/C70H81BN2S/c1-63(2,3)43-22-25-55-54(34-43)71-60-57(72(55)45-23-24-48-49(37-45)66(9,10)27-26-65(48,7)8)35-44(64(4,5)6)36-58(60)73(61-47-39-52-53(41-59(47)74-62(61)71)70(16)32-30-69(52,15)31-33-70)56-40-51-50(67(11,12)28-29-68(51,13)14)38-46(56)42-20-18-17-19-21-42/h17-25,34-41H,26-33H2,1-16H3. The summed E-state index contributed by atoms with van der Waals surface area (Å²) in [4.78, 5) is 5.57. The van der Waals surface area contributed by atoms with Gasteiger partial charge in [0.15, 0.2) is 0 Å². The first-order chi connectivity index (χ1) is 34.6. The summed E-state index contributed by atoms with van der Waals surface area (Å²) in [5.74, 6) is 0. The topological polar surface area (TPSA) is 6.48 Å². The smallest absolute Gasteiger partial charge is 0.264 e. The Morgan fingerprint density at radius 3 is 1.58 bits per heavy atom. The lowest BCUT2D eigenvalue weighted by molar-refractivity contribution is 0.188. The van der Waals surface area contributed by atoms with Crippen molar-refractivity contribution in [3.63, 3.8) is 0 Å². The number of fused-ring (bicyclic) bond motifs is 10. The number of hydrogen-bond acceptors (Lipinski definition) is 3. The van der Waals surface area contributed by atoms with E-state index in [4.69, 9.17) is 0 Å². The minimum absolute atomic E-state index is 0.0234. The van der Waals surface area contributed by atoms with Crippen LogP contribution in [-0.4, -0.2) is 6.71 Å². The second-order valence-corrected chi connectivity index (χ2v) is 30.8. The van der Waals surface area contributed by atoms with Crippen LogP contribution in [0.25, 0.3) is 21.2 Å². The van der Waals surface area contributed by atoms with Gasteiger partial charge in [-0.3, -0.25) is 0 Å². The molecule has 0 unspecified atom stereocenters. The lowest BCUT2D eigenvalue weighted by Gasteiger charge is -2.52. The summed E-state index contributed by atoms with van der Waals surface area (Å²) in [6.07, 6.45) is 9.84. The van der Waals surface area contributed by atoms with Crippen LogP contribution in [0.4, 0.5) is 34.1 Å². The molecule has 6 aromatic carbocycles. The van der Waals surface area contributed by atoms with Gasteiger partial charge in [-0.1, -0.05) is 159 Å². The molecule has 7 aromatic rings. The number of benzene rings is 6. The van der Waals surface area contributed by atoms with E-state index < -0.39 is 0 Å². The zero-order valence-electron chi connectivity index (χ0n) is 47.9. The molecule has 5 aliphatic carbocycles. The van der Waals surface area contributed by atoms with Gasteiger partial charge in [0.05, 0.1) is 11.4 Å². The van der Waals surface area contributed by atoms with Crippen LogP contribution in [0.1, 0.15) is 207 Å². The monoisotopic (exact) mass is 993 g/mol. The van der Waals surface area contributed by atoms with E-state index in [1.807, 2.05) is 0 Å². The molecule has 4 heteroatoms. The van der Waals surface area contributed by atoms with Crippen LogP contribution in [0.15, 0.2) is 103 Å². The molecule has 1 saturated carbocycles. The van der Waals surface area contributed by atoms with Crippen LogP contribution < -0.4 is 25.5 Å². The summed E-state index contributed by atoms with van der Waals surface area (Å²) in [7, 11) is 0. The summed E-state index contributed by atoms with van der Waals surface area (Å²) in [5.41, 5.74) is 26.0. The zero-order valence-corrected chi connectivity index (χ0v) is 48.7. The quantitative estimate of drug-likeness (QED) is 0.163. The minimum Gasteiger partial charge on any atom is -0.311 e. The Balaban J connectivity index is 1.20. The zero-order chi connectivity index (χ0) is 52.2. The second-order valence-electron chi connectivity index (χ2n) is 29.7. The van der Waals surface area contributed by atoms with E-state index in [1.54, 1.807) is 11.1 Å². The molecular weight excluding hydrogens is 912 g/mol. The van der Waals surface area contributed by atoms with Gasteiger partial charge in [-0.2, -0.15) is 0 Å². The van der Waals surface area contributed by atoms with Gasteiger partial charge in [0.25, 0.3) is 6.71 Å². The van der Waals surface area contributed by atoms with Crippen molar-refractivity contribution in [3.8, 4) is 11.1 Å². The van der Waals surface area contributed by atoms with Crippen molar-refractivity contribution in [3.05, 3.63) is 148 Å². The van der Waals surface area contributed by atoms with Gasteiger partial charge in [-0.05, 0) is 210 Å². The van der Waals surface area contributed by atoms with Crippen molar-refractivity contribution >= 4 is 78.0 Å². The highest BCUT2D eigenvalue weighted by Gasteiger charge is 2.51. The molecule has 0 atom stereocenters. The molecule has 0 radical (unpaired) electrons. The Kier molecular flexibility index (Phi) is 10.1. The third-order valence-electron chi connectivity index (χ3n) is 20.7. The van der Waals surface area contributed by atoms with E-state index >= 15 is 0 Å². The maximum Gasteiger partial charge on any atom is 0.264 e. The van der Waals surface area contributed by atoms with Crippen molar-refractivity contribution in [2.24, 2.45) is 0 Å². The predicted molar refractivity (Wildman–Crippen MR) is 322 cm³/mol. The first-order valence-corrected chi connectivity index (χ1v) is 29.4. The molecule has 0 N–H and O–H groups in total. The highest BCUT2D eigenvalue weighted by atomic mass is 32.1. The Bertz CT molecular complexity index is 3520. The third kappa shape index (κ3) is 6.93. The number of anilines is 6. The Hall–Kier alpha value is -5.06. The van der Waals surface area contributed by atoms with Gasteiger partial charge in [-0.25, -0.2) is 0 Å². The SMILES string of the molecule is CC(C)(C)c1ccc2c(c1)B1c3sc4cc5c(cc4c3N(c3cc4c(cc3-c3ccccc3)C(C)(C)CCC4(C)C)c3cc(C(C)(C)C)cc(c31)N2c1ccc2c(c1)C(C)(C)CCC2(C)C)C1(C)CCC5(C)CC1. The van der Waals surface area contributed by atoms with Gasteiger partial charge in [-0.15, -0.1) is 11.3 Å². The molecule has 14 rings (SSSR count). The maximum atomic E-state index is 2.85. The fourth-order valence-electron chi connectivity index (χ4n) is 15.2. The van der Waals surface area contributed by atoms with Crippen molar-refractivity contribution in [1.29, 1.82) is 0 Å². The molecule has 0 spiro atoms. The number of hydrogen-bond donors (Lipinski definition) is 0. The predicted octanol–water partition coefficient (Wildman–Crippen LogP) is 18.0. The molecule has 380 valence electrons. The average Bonchev–Trinajstić information content (AvgIpc) is 3.75. The first kappa shape index (κ1) is 48.6. The van der Waals surface area contributed by atoms with Gasteiger partial charge < -0.3 is 9.80 Å². The van der Waals surface area contributed by atoms with Gasteiger partial charge in [0, 0.05) is 43.2 Å². The first-order valence-electron chi connectivity index (χ1n) is 28.5. The third-order valence-corrected chi connectivity index (χ3v) is 21.9. The fourth-order valence-corrected chi connectivity index (χ4v) is 16.5. The normalized spacial score (nSPS) is 23.4. The molecule has 2 nitrogen and oxygen atoms in total. The van der Waals surface area contributed by atoms with E-state index in [0.29, 0.717) is 0 Å². The second kappa shape index (κ2) is 15.3. The lowest BCUT2D eigenvalue weighted by Crippen LogP contribution is -2.60. The van der Waals surface area contributed by atoms with Crippen LogP contribution >= 0.6 is 11.3 Å². The van der Waals surface area contributed by atoms with Gasteiger partial charge >= 0.3 is 0 Å². The van der Waals surface area contributed by atoms with Crippen LogP contribution in [0.5, 0.6) is 0 Å². The molecular formula is C70H81BN2S. The summed E-state index contributed by atoms with van der Waals surface area (Å²) < 4.78 is 2.93. The molecule has 74 heavy (non-hydrogen) atoms. The molecule has 2 bridgehead atoms. The molecule has 3 heterocycles. The molecule has 0 amide bonds. The van der Waals surface area contributed by atoms with E-state index in [1.165, 1.54) is 156 Å². The fraction of sp³-hybridized carbons (Fsp3) is 0.457. The Labute approximate surface area is 449 Å². The Morgan fingerprint density at radius 2 is 0.986 bits per heavy atom. The van der Waals surface area contributed by atoms with Crippen molar-refractivity contribution in [2.45, 2.75) is 205 Å². The maximum absolute atomic E-state index is 2.85. The molecule has 2 aliphatic heterocycles. The van der Waals surface area contributed by atoms with E-state index in [9.17, 15) is 0 Å². The molecule has 7 aliphatic rings. The number of nitrogens with zero attached hydrogens (tertiary/aromatic N) is 2. The minimum atomic E-state index is -0.125. The lowest BCUT2D eigenvalue weighted by atomic mass is 9.36. The van der Waals surface area contributed by atoms with E-state index in [-0.39, 0.29) is 50.0 Å². The van der Waals surface area contributed by atoms with Crippen molar-refractivity contribution < 1.29 is 0 Å². The molecule has 0 saturated heterocycles. The molecule has 1 fully saturated rings. The molecule has 1 aromatic heterocycles. The average molecular weight is 993 g/mol. The van der Waals surface area contributed by atoms with E-state index in [0.717, 1.165) is 0 Å². The van der Waals surface area contributed by atoms with Crippen molar-refractivity contribution in [2.75, 3.05) is 9.80 Å². The summed E-state index contributed by atoms with van der Waals surface area (Å²) >= 11 is 2.11. The summed E-state index contributed by atoms with van der Waals surface area (Å²) in [6.45, 7) is 39.6. The summed E-state index contributed by atoms with van der Waals surface area (Å²) in [5, 5.41) is 1.43. The van der Waals surface area contributed by atoms with Gasteiger partial charge in [0.2, 0.25) is 0 Å². The van der Waals surface area contributed by atoms with Gasteiger partial charge in [0.1, 0.15) is 0 Å². The van der Waals surface area contributed by atoms with Crippen LogP contribution in [0, 0.1) is 0 Å².